The molecular weight excluding hydrogens is 273 g/mol. The van der Waals surface area contributed by atoms with E-state index in [0.29, 0.717) is 12.8 Å². The Morgan fingerprint density at radius 2 is 1.74 bits per heavy atom. The Kier molecular flexibility index (Phi) is 7.17. The number of rotatable bonds is 9. The molecule has 0 bridgehead atoms. The highest BCUT2D eigenvalue weighted by Gasteiger charge is 2.57. The topological polar surface area (TPSA) is 41.5 Å². The van der Waals surface area contributed by atoms with E-state index in [-0.39, 0.29) is 19.6 Å². The van der Waals surface area contributed by atoms with Gasteiger partial charge in [0, 0.05) is 12.1 Å². The van der Waals surface area contributed by atoms with Crippen LogP contribution in [0.1, 0.15) is 26.2 Å². The second-order valence-corrected chi connectivity index (χ2v) is 4.40. The van der Waals surface area contributed by atoms with Crippen LogP contribution in [0, 0.1) is 0 Å². The first kappa shape index (κ1) is 18.5. The van der Waals surface area contributed by atoms with Gasteiger partial charge in [0.05, 0.1) is 6.61 Å². The third-order valence-electron chi connectivity index (χ3n) is 3.15. The van der Waals surface area contributed by atoms with Crippen molar-refractivity contribution < 1.29 is 31.8 Å². The van der Waals surface area contributed by atoms with E-state index < -0.39 is 24.2 Å². The largest absolute Gasteiger partial charge is 0.455 e. The van der Waals surface area contributed by atoms with Crippen molar-refractivity contribution in [3.8, 4) is 0 Å². The molecule has 0 aromatic rings. The zero-order valence-electron chi connectivity index (χ0n) is 11.0. The summed E-state index contributed by atoms with van der Waals surface area (Å²) < 4.78 is 64.8. The van der Waals surface area contributed by atoms with Gasteiger partial charge in [0.15, 0.2) is 0 Å². The molecule has 1 atom stereocenters. The van der Waals surface area contributed by atoms with Crippen molar-refractivity contribution in [1.82, 2.24) is 5.32 Å². The molecule has 0 rings (SSSR count). The van der Waals surface area contributed by atoms with Crippen LogP contribution < -0.4 is 5.32 Å². The maximum atomic E-state index is 12.5. The van der Waals surface area contributed by atoms with E-state index in [1.165, 1.54) is 0 Å². The molecule has 0 spiro atoms. The number of halogens is 5. The molecule has 0 aromatic carbocycles. The molecule has 0 aromatic heterocycles. The zero-order valence-corrected chi connectivity index (χ0v) is 11.0. The van der Waals surface area contributed by atoms with Crippen molar-refractivity contribution >= 4 is 0 Å². The second kappa shape index (κ2) is 7.35. The number of aliphatic hydroxyl groups excluding tert-OH is 1. The van der Waals surface area contributed by atoms with Crippen molar-refractivity contribution in [2.45, 2.75) is 43.8 Å². The van der Waals surface area contributed by atoms with E-state index in [9.17, 15) is 27.1 Å². The molecule has 0 aliphatic rings. The summed E-state index contributed by atoms with van der Waals surface area (Å²) in [6, 6.07) is 0. The molecule has 2 N–H and O–H groups in total. The van der Waals surface area contributed by atoms with Crippen LogP contribution in [-0.2, 0) is 4.74 Å². The molecule has 0 aliphatic heterocycles. The number of nitrogens with one attached hydrogen (secondary N) is 1. The fourth-order valence-electron chi connectivity index (χ4n) is 1.54. The van der Waals surface area contributed by atoms with Gasteiger partial charge in [-0.1, -0.05) is 6.92 Å². The summed E-state index contributed by atoms with van der Waals surface area (Å²) in [5.74, 6) is -4.82. The molecule has 116 valence electrons. The van der Waals surface area contributed by atoms with Crippen LogP contribution in [0.3, 0.4) is 0 Å². The molecule has 0 saturated heterocycles. The van der Waals surface area contributed by atoms with Gasteiger partial charge in [-0.2, -0.15) is 22.0 Å². The van der Waals surface area contributed by atoms with Gasteiger partial charge >= 0.3 is 12.1 Å². The lowest BCUT2D eigenvalue weighted by Crippen LogP contribution is -2.46. The minimum atomic E-state index is -5.59. The number of likely N-dealkylation sites (N-methyl/N-ethyl adjacent to an activating group) is 1. The summed E-state index contributed by atoms with van der Waals surface area (Å²) in [6.07, 6.45) is -4.27. The molecule has 0 aliphatic carbocycles. The fraction of sp³-hybridized carbons (Fsp3) is 1.00. The van der Waals surface area contributed by atoms with Crippen molar-refractivity contribution in [3.63, 3.8) is 0 Å². The predicted octanol–water partition coefficient (Wildman–Crippen LogP) is 2.34. The van der Waals surface area contributed by atoms with Gasteiger partial charge in [0.2, 0.25) is 0 Å². The minimum absolute atomic E-state index is 0.140. The lowest BCUT2D eigenvalue weighted by molar-refractivity contribution is -0.296. The van der Waals surface area contributed by atoms with E-state index >= 15 is 0 Å². The molecule has 3 nitrogen and oxygen atoms in total. The lowest BCUT2D eigenvalue weighted by atomic mass is 9.92. The average molecular weight is 293 g/mol. The fourth-order valence-corrected chi connectivity index (χ4v) is 1.54. The van der Waals surface area contributed by atoms with Crippen molar-refractivity contribution in [1.29, 1.82) is 0 Å². The van der Waals surface area contributed by atoms with E-state index in [1.54, 1.807) is 7.05 Å². The Balaban J connectivity index is 4.00. The van der Waals surface area contributed by atoms with E-state index in [0.717, 1.165) is 0 Å². The zero-order chi connectivity index (χ0) is 15.2. The SMILES string of the molecule is CCC(CO)(CCCOCC(F)(F)C(F)(F)F)NC. The first-order chi connectivity index (χ1) is 8.64. The van der Waals surface area contributed by atoms with Crippen LogP contribution >= 0.6 is 0 Å². The quantitative estimate of drug-likeness (QED) is 0.506. The van der Waals surface area contributed by atoms with Crippen LogP contribution in [0.5, 0.6) is 0 Å². The minimum Gasteiger partial charge on any atom is -0.394 e. The highest BCUT2D eigenvalue weighted by atomic mass is 19.4. The summed E-state index contributed by atoms with van der Waals surface area (Å²) in [5.41, 5.74) is -0.546. The summed E-state index contributed by atoms with van der Waals surface area (Å²) in [5, 5.41) is 12.1. The number of hydrogen-bond acceptors (Lipinski definition) is 3. The molecule has 0 radical (unpaired) electrons. The Morgan fingerprint density at radius 3 is 2.11 bits per heavy atom. The standard InChI is InChI=1S/C11H20F5NO2/c1-3-9(7-18,17-2)5-4-6-19-8-10(12,13)11(14,15)16/h17-18H,3-8H2,1-2H3. The van der Waals surface area contributed by atoms with Gasteiger partial charge in [-0.15, -0.1) is 0 Å². The maximum absolute atomic E-state index is 12.5. The average Bonchev–Trinajstić information content (AvgIpc) is 2.33. The van der Waals surface area contributed by atoms with Crippen molar-refractivity contribution in [3.05, 3.63) is 0 Å². The molecule has 0 heterocycles. The van der Waals surface area contributed by atoms with Crippen LogP contribution in [0.2, 0.25) is 0 Å². The van der Waals surface area contributed by atoms with Gasteiger partial charge in [-0.05, 0) is 26.3 Å². The molecule has 0 amide bonds. The number of hydrogen-bond donors (Lipinski definition) is 2. The number of alkyl halides is 5. The van der Waals surface area contributed by atoms with Gasteiger partial charge in [-0.25, -0.2) is 0 Å². The van der Waals surface area contributed by atoms with Gasteiger partial charge < -0.3 is 15.2 Å². The Hall–Kier alpha value is -0.470. The summed E-state index contributed by atoms with van der Waals surface area (Å²) in [6.45, 7) is -0.187. The lowest BCUT2D eigenvalue weighted by Gasteiger charge is -2.30. The Labute approximate surface area is 109 Å². The molecule has 0 saturated carbocycles. The Morgan fingerprint density at radius 1 is 1.16 bits per heavy atom. The van der Waals surface area contributed by atoms with Crippen LogP contribution in [0.15, 0.2) is 0 Å². The monoisotopic (exact) mass is 293 g/mol. The smallest absolute Gasteiger partial charge is 0.394 e. The normalized spacial score (nSPS) is 16.4. The first-order valence-corrected chi connectivity index (χ1v) is 5.96. The van der Waals surface area contributed by atoms with Crippen LogP contribution in [0.25, 0.3) is 0 Å². The highest BCUT2D eigenvalue weighted by Crippen LogP contribution is 2.35. The number of aliphatic hydroxyl groups is 1. The summed E-state index contributed by atoms with van der Waals surface area (Å²) in [7, 11) is 1.65. The van der Waals surface area contributed by atoms with E-state index in [4.69, 9.17) is 0 Å². The van der Waals surface area contributed by atoms with Gasteiger partial charge in [-0.3, -0.25) is 0 Å². The first-order valence-electron chi connectivity index (χ1n) is 5.96. The van der Waals surface area contributed by atoms with E-state index in [1.807, 2.05) is 6.92 Å². The van der Waals surface area contributed by atoms with E-state index in [2.05, 4.69) is 10.1 Å². The molecule has 19 heavy (non-hydrogen) atoms. The molecule has 0 fully saturated rings. The van der Waals surface area contributed by atoms with Crippen molar-refractivity contribution in [2.24, 2.45) is 0 Å². The molecule has 1 unspecified atom stereocenters. The molecule has 8 heteroatoms. The summed E-state index contributed by atoms with van der Waals surface area (Å²) in [4.78, 5) is 0. The third-order valence-corrected chi connectivity index (χ3v) is 3.15. The Bertz CT molecular complexity index is 242. The van der Waals surface area contributed by atoms with Crippen LogP contribution in [-0.4, -0.2) is 49.6 Å². The highest BCUT2D eigenvalue weighted by molar-refractivity contribution is 4.84. The second-order valence-electron chi connectivity index (χ2n) is 4.40. The summed E-state index contributed by atoms with van der Waals surface area (Å²) >= 11 is 0. The van der Waals surface area contributed by atoms with Crippen LogP contribution in [0.4, 0.5) is 22.0 Å². The predicted molar refractivity (Wildman–Crippen MR) is 60.2 cm³/mol. The number of ether oxygens (including phenoxy) is 1. The maximum Gasteiger partial charge on any atom is 0.455 e. The van der Waals surface area contributed by atoms with Crippen molar-refractivity contribution in [2.75, 3.05) is 26.9 Å². The molecular formula is C11H20F5NO2. The van der Waals surface area contributed by atoms with Gasteiger partial charge in [0.1, 0.15) is 6.61 Å². The van der Waals surface area contributed by atoms with Gasteiger partial charge in [0.25, 0.3) is 0 Å². The third kappa shape index (κ3) is 5.58.